The molecule has 3 unspecified atom stereocenters. The lowest BCUT2D eigenvalue weighted by molar-refractivity contribution is -0.121. The van der Waals surface area contributed by atoms with Gasteiger partial charge in [-0.25, -0.2) is 8.42 Å². The van der Waals surface area contributed by atoms with Gasteiger partial charge in [0.25, 0.3) is 0 Å². The van der Waals surface area contributed by atoms with Gasteiger partial charge in [0.05, 0.1) is 11.9 Å². The summed E-state index contributed by atoms with van der Waals surface area (Å²) in [4.78, 5) is 11.9. The first-order valence-corrected chi connectivity index (χ1v) is 8.38. The fourth-order valence-electron chi connectivity index (χ4n) is 2.84. The first-order chi connectivity index (χ1) is 8.49. The molecule has 3 atom stereocenters. The first kappa shape index (κ1) is 13.8. The molecule has 0 aromatic rings. The largest absolute Gasteiger partial charge is 0.393 e. The van der Waals surface area contributed by atoms with E-state index in [-0.39, 0.29) is 23.7 Å². The minimum absolute atomic E-state index is 0.132. The maximum atomic E-state index is 11.9. The van der Waals surface area contributed by atoms with Crippen LogP contribution in [0.15, 0.2) is 0 Å². The van der Waals surface area contributed by atoms with Gasteiger partial charge in [-0.2, -0.15) is 0 Å². The molecule has 2 aliphatic rings. The third-order valence-corrected chi connectivity index (χ3v) is 6.12. The SMILES string of the molecule is O=C(NCC1CCC(O)C1)C1CCCCS1(=O)=O. The van der Waals surface area contributed by atoms with Gasteiger partial charge < -0.3 is 10.4 Å². The summed E-state index contributed by atoms with van der Waals surface area (Å²) in [6.45, 7) is 0.488. The van der Waals surface area contributed by atoms with E-state index in [1.807, 2.05) is 0 Å². The Morgan fingerprint density at radius 3 is 2.61 bits per heavy atom. The van der Waals surface area contributed by atoms with Crippen molar-refractivity contribution in [3.05, 3.63) is 0 Å². The Labute approximate surface area is 108 Å². The second kappa shape index (κ2) is 5.57. The minimum Gasteiger partial charge on any atom is -0.393 e. The number of sulfone groups is 1. The molecule has 1 heterocycles. The number of carbonyl (C=O) groups is 1. The molecule has 0 spiro atoms. The fourth-order valence-corrected chi connectivity index (χ4v) is 4.67. The lowest BCUT2D eigenvalue weighted by Gasteiger charge is -2.22. The van der Waals surface area contributed by atoms with Gasteiger partial charge in [-0.3, -0.25) is 4.79 Å². The maximum Gasteiger partial charge on any atom is 0.238 e. The Kier molecular flexibility index (Phi) is 4.27. The van der Waals surface area contributed by atoms with E-state index < -0.39 is 15.1 Å². The van der Waals surface area contributed by atoms with E-state index in [9.17, 15) is 18.3 Å². The molecule has 104 valence electrons. The molecular weight excluding hydrogens is 254 g/mol. The summed E-state index contributed by atoms with van der Waals surface area (Å²) >= 11 is 0. The van der Waals surface area contributed by atoms with E-state index >= 15 is 0 Å². The van der Waals surface area contributed by atoms with Gasteiger partial charge in [0.1, 0.15) is 5.25 Å². The van der Waals surface area contributed by atoms with Gasteiger partial charge >= 0.3 is 0 Å². The van der Waals surface area contributed by atoms with Crippen LogP contribution in [0, 0.1) is 5.92 Å². The number of carbonyl (C=O) groups excluding carboxylic acids is 1. The van der Waals surface area contributed by atoms with Crippen molar-refractivity contribution in [3.63, 3.8) is 0 Å². The van der Waals surface area contributed by atoms with Crippen molar-refractivity contribution in [1.82, 2.24) is 5.32 Å². The zero-order chi connectivity index (χ0) is 13.2. The molecule has 2 fully saturated rings. The van der Waals surface area contributed by atoms with Crippen LogP contribution in [0.4, 0.5) is 0 Å². The van der Waals surface area contributed by atoms with Crippen LogP contribution in [0.5, 0.6) is 0 Å². The summed E-state index contributed by atoms with van der Waals surface area (Å²) in [6, 6.07) is 0. The molecule has 0 aromatic heterocycles. The van der Waals surface area contributed by atoms with Gasteiger partial charge in [-0.1, -0.05) is 6.42 Å². The minimum atomic E-state index is -3.24. The van der Waals surface area contributed by atoms with Crippen molar-refractivity contribution in [1.29, 1.82) is 0 Å². The van der Waals surface area contributed by atoms with Crippen LogP contribution in [0.2, 0.25) is 0 Å². The number of hydrogen-bond acceptors (Lipinski definition) is 4. The summed E-state index contributed by atoms with van der Waals surface area (Å²) in [7, 11) is -3.24. The van der Waals surface area contributed by atoms with E-state index in [0.29, 0.717) is 25.8 Å². The molecule has 1 saturated carbocycles. The van der Waals surface area contributed by atoms with Crippen LogP contribution in [-0.4, -0.2) is 43.1 Å². The van der Waals surface area contributed by atoms with Crippen molar-refractivity contribution in [2.75, 3.05) is 12.3 Å². The van der Waals surface area contributed by atoms with Crippen LogP contribution in [-0.2, 0) is 14.6 Å². The Balaban J connectivity index is 1.84. The molecule has 18 heavy (non-hydrogen) atoms. The molecule has 5 nitrogen and oxygen atoms in total. The van der Waals surface area contributed by atoms with E-state index in [0.717, 1.165) is 19.3 Å². The fraction of sp³-hybridized carbons (Fsp3) is 0.917. The summed E-state index contributed by atoms with van der Waals surface area (Å²) in [5.74, 6) is 0.0686. The molecule has 0 bridgehead atoms. The Hall–Kier alpha value is -0.620. The Morgan fingerprint density at radius 1 is 1.22 bits per heavy atom. The van der Waals surface area contributed by atoms with E-state index in [1.165, 1.54) is 0 Å². The predicted molar refractivity (Wildman–Crippen MR) is 67.8 cm³/mol. The highest BCUT2D eigenvalue weighted by Crippen LogP contribution is 2.25. The van der Waals surface area contributed by atoms with Crippen molar-refractivity contribution in [2.24, 2.45) is 5.92 Å². The number of hydrogen-bond donors (Lipinski definition) is 2. The van der Waals surface area contributed by atoms with E-state index in [4.69, 9.17) is 0 Å². The lowest BCUT2D eigenvalue weighted by atomic mass is 10.1. The van der Waals surface area contributed by atoms with Crippen LogP contribution < -0.4 is 5.32 Å². The Bertz CT molecular complexity index is 406. The molecule has 1 aliphatic carbocycles. The molecule has 2 rings (SSSR count). The van der Waals surface area contributed by atoms with Gasteiger partial charge in [0.2, 0.25) is 5.91 Å². The molecule has 2 N–H and O–H groups in total. The standard InChI is InChI=1S/C12H21NO4S/c14-10-5-4-9(7-10)8-13-12(15)11-3-1-2-6-18(11,16)17/h9-11,14H,1-8H2,(H,13,15). The average Bonchev–Trinajstić information content (AvgIpc) is 2.71. The smallest absolute Gasteiger partial charge is 0.238 e. The van der Waals surface area contributed by atoms with Crippen LogP contribution in [0.25, 0.3) is 0 Å². The highest BCUT2D eigenvalue weighted by Gasteiger charge is 2.35. The van der Waals surface area contributed by atoms with Crippen molar-refractivity contribution in [3.8, 4) is 0 Å². The third-order valence-electron chi connectivity index (χ3n) is 3.95. The van der Waals surface area contributed by atoms with Crippen molar-refractivity contribution in [2.45, 2.75) is 49.9 Å². The van der Waals surface area contributed by atoms with Crippen molar-refractivity contribution >= 4 is 15.7 Å². The highest BCUT2D eigenvalue weighted by molar-refractivity contribution is 7.92. The number of amides is 1. The van der Waals surface area contributed by atoms with Crippen LogP contribution in [0.1, 0.15) is 38.5 Å². The molecule has 0 aromatic carbocycles. The first-order valence-electron chi connectivity index (χ1n) is 6.66. The predicted octanol–water partition coefficient (Wildman–Crippen LogP) is 0.231. The zero-order valence-corrected chi connectivity index (χ0v) is 11.3. The van der Waals surface area contributed by atoms with Gasteiger partial charge in [0, 0.05) is 6.54 Å². The highest BCUT2D eigenvalue weighted by atomic mass is 32.2. The molecule has 1 saturated heterocycles. The topological polar surface area (TPSA) is 83.5 Å². The second-order valence-electron chi connectivity index (χ2n) is 5.43. The quantitative estimate of drug-likeness (QED) is 0.772. The number of aliphatic hydroxyl groups excluding tert-OH is 1. The maximum absolute atomic E-state index is 11.9. The number of rotatable bonds is 3. The zero-order valence-electron chi connectivity index (χ0n) is 10.5. The summed E-state index contributed by atoms with van der Waals surface area (Å²) < 4.78 is 23.5. The van der Waals surface area contributed by atoms with Gasteiger partial charge in [-0.15, -0.1) is 0 Å². The van der Waals surface area contributed by atoms with Gasteiger partial charge in [0.15, 0.2) is 9.84 Å². The molecule has 0 radical (unpaired) electrons. The molecule has 1 amide bonds. The van der Waals surface area contributed by atoms with Gasteiger partial charge in [-0.05, 0) is 38.0 Å². The van der Waals surface area contributed by atoms with Crippen LogP contribution in [0.3, 0.4) is 0 Å². The molecule has 1 aliphatic heterocycles. The molecule has 6 heteroatoms. The summed E-state index contributed by atoms with van der Waals surface area (Å²) in [5, 5.41) is 11.3. The lowest BCUT2D eigenvalue weighted by Crippen LogP contribution is -2.44. The van der Waals surface area contributed by atoms with E-state index in [2.05, 4.69) is 5.32 Å². The molecular formula is C12H21NO4S. The third kappa shape index (κ3) is 3.23. The number of nitrogens with one attached hydrogen (secondary N) is 1. The Morgan fingerprint density at radius 2 is 2.00 bits per heavy atom. The summed E-state index contributed by atoms with van der Waals surface area (Å²) in [6.07, 6.45) is 4.05. The van der Waals surface area contributed by atoms with Crippen molar-refractivity contribution < 1.29 is 18.3 Å². The average molecular weight is 275 g/mol. The van der Waals surface area contributed by atoms with E-state index in [1.54, 1.807) is 0 Å². The normalized spacial score (nSPS) is 35.3. The summed E-state index contributed by atoms with van der Waals surface area (Å²) in [5.41, 5.74) is 0. The monoisotopic (exact) mass is 275 g/mol. The number of aliphatic hydroxyl groups is 1. The second-order valence-corrected chi connectivity index (χ2v) is 7.73. The van der Waals surface area contributed by atoms with Crippen LogP contribution >= 0.6 is 0 Å².